The number of hydrogen-bond donors (Lipinski definition) is 1. The third-order valence-electron chi connectivity index (χ3n) is 5.59. The van der Waals surface area contributed by atoms with Gasteiger partial charge >= 0.3 is 6.09 Å². The first kappa shape index (κ1) is 22.2. The maximum absolute atomic E-state index is 12.6. The molecule has 0 radical (unpaired) electrons. The van der Waals surface area contributed by atoms with Crippen molar-refractivity contribution in [2.75, 3.05) is 44.6 Å². The zero-order chi connectivity index (χ0) is 22.5. The van der Waals surface area contributed by atoms with Crippen LogP contribution in [0.3, 0.4) is 0 Å². The van der Waals surface area contributed by atoms with Crippen molar-refractivity contribution in [3.8, 4) is 11.1 Å². The third kappa shape index (κ3) is 5.08. The molecule has 0 unspecified atom stereocenters. The molecule has 168 valence electrons. The minimum absolute atomic E-state index is 0.0901. The maximum Gasteiger partial charge on any atom is 0.409 e. The second kappa shape index (κ2) is 10.1. The lowest BCUT2D eigenvalue weighted by Crippen LogP contribution is -2.50. The number of anilines is 1. The molecule has 1 saturated heterocycles. The van der Waals surface area contributed by atoms with Gasteiger partial charge in [0.2, 0.25) is 5.91 Å². The van der Waals surface area contributed by atoms with Crippen LogP contribution < -0.4 is 5.32 Å². The molecule has 3 aromatic rings. The van der Waals surface area contributed by atoms with Gasteiger partial charge in [-0.2, -0.15) is 0 Å². The molecule has 2 heterocycles. The van der Waals surface area contributed by atoms with Crippen LogP contribution in [0.15, 0.2) is 42.5 Å². The van der Waals surface area contributed by atoms with Crippen LogP contribution in [-0.4, -0.2) is 66.1 Å². The highest BCUT2D eigenvalue weighted by Gasteiger charge is 2.23. The van der Waals surface area contributed by atoms with Crippen LogP contribution >= 0.6 is 11.3 Å². The molecule has 2 aromatic carbocycles. The Bertz CT molecular complexity index is 1090. The highest BCUT2D eigenvalue weighted by Crippen LogP contribution is 2.33. The number of fused-ring (bicyclic) bond motifs is 1. The number of hydrogen-bond acceptors (Lipinski definition) is 6. The lowest BCUT2D eigenvalue weighted by molar-refractivity contribution is -0.117. The molecule has 1 aliphatic rings. The average molecular weight is 453 g/mol. The van der Waals surface area contributed by atoms with E-state index in [1.165, 1.54) is 28.0 Å². The van der Waals surface area contributed by atoms with Gasteiger partial charge in [-0.1, -0.05) is 48.6 Å². The normalized spacial score (nSPS) is 14.5. The molecule has 8 heteroatoms. The van der Waals surface area contributed by atoms with Gasteiger partial charge in [-0.05, 0) is 42.2 Å². The Kier molecular flexibility index (Phi) is 7.02. The lowest BCUT2D eigenvalue weighted by atomic mass is 9.98. The zero-order valence-electron chi connectivity index (χ0n) is 18.5. The van der Waals surface area contributed by atoms with Crippen LogP contribution in [0.4, 0.5) is 9.93 Å². The minimum atomic E-state index is -0.285. The molecular weight excluding hydrogens is 424 g/mol. The van der Waals surface area contributed by atoms with Gasteiger partial charge in [0.25, 0.3) is 0 Å². The van der Waals surface area contributed by atoms with Crippen molar-refractivity contribution in [1.29, 1.82) is 0 Å². The molecule has 1 aliphatic heterocycles. The van der Waals surface area contributed by atoms with Crippen LogP contribution in [0.2, 0.25) is 0 Å². The van der Waals surface area contributed by atoms with Crippen molar-refractivity contribution in [3.63, 3.8) is 0 Å². The minimum Gasteiger partial charge on any atom is -0.450 e. The van der Waals surface area contributed by atoms with Gasteiger partial charge in [-0.3, -0.25) is 9.69 Å². The van der Waals surface area contributed by atoms with E-state index in [1.807, 2.05) is 23.1 Å². The fraction of sp³-hybridized carbons (Fsp3) is 0.375. The molecule has 0 aliphatic carbocycles. The third-order valence-corrected chi connectivity index (χ3v) is 6.52. The first-order valence-electron chi connectivity index (χ1n) is 11.0. The Morgan fingerprint density at radius 3 is 2.53 bits per heavy atom. The number of amides is 2. The summed E-state index contributed by atoms with van der Waals surface area (Å²) >= 11 is 1.50. The van der Waals surface area contributed by atoms with Gasteiger partial charge < -0.3 is 15.0 Å². The molecule has 2 amide bonds. The second-order valence-electron chi connectivity index (χ2n) is 7.73. The predicted molar refractivity (Wildman–Crippen MR) is 128 cm³/mol. The largest absolute Gasteiger partial charge is 0.450 e. The summed E-state index contributed by atoms with van der Waals surface area (Å²) in [6.07, 6.45) is 0.643. The molecule has 7 nitrogen and oxygen atoms in total. The Morgan fingerprint density at radius 2 is 1.84 bits per heavy atom. The molecule has 0 atom stereocenters. The van der Waals surface area contributed by atoms with Crippen molar-refractivity contribution in [1.82, 2.24) is 14.8 Å². The number of benzene rings is 2. The van der Waals surface area contributed by atoms with Crippen molar-refractivity contribution < 1.29 is 14.3 Å². The summed E-state index contributed by atoms with van der Waals surface area (Å²) in [5.74, 6) is -0.0901. The summed E-state index contributed by atoms with van der Waals surface area (Å²) in [5.41, 5.74) is 4.52. The van der Waals surface area contributed by atoms with Crippen LogP contribution in [-0.2, 0) is 16.0 Å². The van der Waals surface area contributed by atoms with E-state index in [0.717, 1.165) is 16.6 Å². The summed E-state index contributed by atoms with van der Waals surface area (Å²) in [6.45, 7) is 7.02. The van der Waals surface area contributed by atoms with Gasteiger partial charge in [0, 0.05) is 26.2 Å². The SMILES string of the molecule is CCOC(=O)N1CCN(CC(=O)Nc2nc3cc(-c4ccccc4)c(CC)cc3s2)CC1. The van der Waals surface area contributed by atoms with E-state index in [9.17, 15) is 9.59 Å². The van der Waals surface area contributed by atoms with Crippen molar-refractivity contribution in [2.45, 2.75) is 20.3 Å². The number of nitrogens with one attached hydrogen (secondary N) is 1. The Balaban J connectivity index is 1.40. The van der Waals surface area contributed by atoms with Gasteiger partial charge in [0.1, 0.15) is 0 Å². The van der Waals surface area contributed by atoms with Crippen LogP contribution in [0.5, 0.6) is 0 Å². The van der Waals surface area contributed by atoms with E-state index >= 15 is 0 Å². The lowest BCUT2D eigenvalue weighted by Gasteiger charge is -2.33. The van der Waals surface area contributed by atoms with Crippen LogP contribution in [0.25, 0.3) is 21.3 Å². The van der Waals surface area contributed by atoms with Gasteiger partial charge in [0.05, 0.1) is 23.4 Å². The topological polar surface area (TPSA) is 74.8 Å². The summed E-state index contributed by atoms with van der Waals surface area (Å²) in [7, 11) is 0. The predicted octanol–water partition coefficient (Wildman–Crippen LogP) is 4.24. The maximum atomic E-state index is 12.6. The number of piperazine rings is 1. The van der Waals surface area contributed by atoms with Crippen molar-refractivity contribution in [2.24, 2.45) is 0 Å². The molecule has 32 heavy (non-hydrogen) atoms. The monoisotopic (exact) mass is 452 g/mol. The quantitative estimate of drug-likeness (QED) is 0.606. The summed E-state index contributed by atoms with van der Waals surface area (Å²) < 4.78 is 6.11. The van der Waals surface area contributed by atoms with E-state index in [0.29, 0.717) is 37.9 Å². The van der Waals surface area contributed by atoms with E-state index < -0.39 is 0 Å². The molecule has 0 bridgehead atoms. The zero-order valence-corrected chi connectivity index (χ0v) is 19.3. The van der Waals surface area contributed by atoms with Gasteiger partial charge in [-0.15, -0.1) is 0 Å². The number of nitrogens with zero attached hydrogens (tertiary/aromatic N) is 3. The number of aromatic nitrogens is 1. The van der Waals surface area contributed by atoms with Crippen LogP contribution in [0, 0.1) is 0 Å². The van der Waals surface area contributed by atoms with Crippen molar-refractivity contribution >= 4 is 38.7 Å². The second-order valence-corrected chi connectivity index (χ2v) is 8.76. The van der Waals surface area contributed by atoms with Gasteiger partial charge in [-0.25, -0.2) is 9.78 Å². The van der Waals surface area contributed by atoms with E-state index in [4.69, 9.17) is 4.74 Å². The van der Waals surface area contributed by atoms with Gasteiger partial charge in [0.15, 0.2) is 5.13 Å². The summed E-state index contributed by atoms with van der Waals surface area (Å²) in [4.78, 5) is 32.8. The first-order valence-corrected chi connectivity index (χ1v) is 11.8. The van der Waals surface area contributed by atoms with Crippen molar-refractivity contribution in [3.05, 3.63) is 48.0 Å². The molecule has 1 N–H and O–H groups in total. The number of thiazole rings is 1. The van der Waals surface area contributed by atoms with E-state index in [-0.39, 0.29) is 18.5 Å². The number of ether oxygens (including phenoxy) is 1. The number of carbonyl (C=O) groups excluding carboxylic acids is 2. The Hall–Kier alpha value is -2.97. The summed E-state index contributed by atoms with van der Waals surface area (Å²) in [6, 6.07) is 14.6. The molecule has 0 saturated carbocycles. The van der Waals surface area contributed by atoms with E-state index in [2.05, 4.69) is 41.5 Å². The highest BCUT2D eigenvalue weighted by molar-refractivity contribution is 7.22. The summed E-state index contributed by atoms with van der Waals surface area (Å²) in [5, 5.41) is 3.56. The molecule has 1 aromatic heterocycles. The fourth-order valence-electron chi connectivity index (χ4n) is 3.91. The smallest absolute Gasteiger partial charge is 0.409 e. The average Bonchev–Trinajstić information content (AvgIpc) is 3.20. The first-order chi connectivity index (χ1) is 15.6. The van der Waals surface area contributed by atoms with E-state index in [1.54, 1.807) is 11.8 Å². The molecule has 4 rings (SSSR count). The Labute approximate surface area is 192 Å². The molecular formula is C24H28N4O3S. The number of carbonyl (C=O) groups is 2. The molecule has 0 spiro atoms. The number of rotatable bonds is 6. The standard InChI is InChI=1S/C24H28N4O3S/c1-3-17-14-21-20(15-19(17)18-8-6-5-7-9-18)25-23(32-21)26-22(29)16-27-10-12-28(13-11-27)24(30)31-4-2/h5-9,14-15H,3-4,10-13,16H2,1-2H3,(H,25,26,29). The highest BCUT2D eigenvalue weighted by atomic mass is 32.1. The Morgan fingerprint density at radius 1 is 1.09 bits per heavy atom. The fourth-order valence-corrected chi connectivity index (χ4v) is 4.84. The van der Waals surface area contributed by atoms with Crippen LogP contribution in [0.1, 0.15) is 19.4 Å². The number of aryl methyl sites for hydroxylation is 1. The molecule has 1 fully saturated rings.